The van der Waals surface area contributed by atoms with Crippen LogP contribution >= 0.6 is 0 Å². The quantitative estimate of drug-likeness (QED) is 0.799. The van der Waals surface area contributed by atoms with Crippen LogP contribution in [0.4, 0.5) is 10.5 Å². The molecule has 1 aromatic carbocycles. The molecule has 0 heterocycles. The average molecular weight is 296 g/mol. The highest BCUT2D eigenvalue weighted by atomic mass is 16.6. The Labute approximate surface area is 126 Å². The summed E-state index contributed by atoms with van der Waals surface area (Å²) in [7, 11) is 2.78. The van der Waals surface area contributed by atoms with Gasteiger partial charge in [-0.25, -0.2) is 4.79 Å². The van der Waals surface area contributed by atoms with Crippen LogP contribution in [0, 0.1) is 0 Å². The first kappa shape index (κ1) is 15.2. The molecule has 0 aliphatic rings. The van der Waals surface area contributed by atoms with Crippen LogP contribution in [-0.4, -0.2) is 38.4 Å². The van der Waals surface area contributed by atoms with Gasteiger partial charge in [-0.3, -0.25) is 9.69 Å². The maximum atomic E-state index is 12.3. The molecule has 0 radical (unpaired) electrons. The molecular formula is C15H21NO5. The maximum absolute atomic E-state index is 12.3. The summed E-state index contributed by atoms with van der Waals surface area (Å²) in [5.41, 5.74) is -0.477. The van der Waals surface area contributed by atoms with Crippen LogP contribution in [0.2, 0.25) is 0 Å². The van der Waals surface area contributed by atoms with Crippen molar-refractivity contribution in [3.05, 3.63) is 24.3 Å². The summed E-state index contributed by atoms with van der Waals surface area (Å²) in [6.07, 6.45) is -0.715. The largest absolute Gasteiger partial charge is 0.497 e. The molecule has 0 unspecified atom stereocenters. The molecule has 0 bridgehead atoms. The van der Waals surface area contributed by atoms with Crippen LogP contribution < -0.4 is 9.64 Å². The number of anilines is 1. The van der Waals surface area contributed by atoms with Gasteiger partial charge in [0.05, 0.1) is 14.2 Å². The third kappa shape index (κ3) is 5.33. The molecule has 0 aliphatic heterocycles. The van der Waals surface area contributed by atoms with Crippen molar-refractivity contribution in [1.82, 2.24) is 0 Å². The molecule has 0 atom stereocenters. The Morgan fingerprint density at radius 1 is 1.24 bits per heavy atom. The van der Waals surface area contributed by atoms with Crippen molar-refractivity contribution in [3.63, 3.8) is 0 Å². The highest BCUT2D eigenvalue weighted by molar-refractivity contribution is 5.93. The Morgan fingerprint density at radius 2 is 1.86 bits per heavy atom. The number of hydrogen-bond acceptors (Lipinski definition) is 5. The average Bonchev–Trinajstić information content (AvgIpc) is 2.52. The summed E-state index contributed by atoms with van der Waals surface area (Å²) in [5.74, 6) is 0.0538. The van der Waals surface area contributed by atoms with E-state index in [9.17, 15) is 9.59 Å². The minimum atomic E-state index is -0.947. The molecule has 1 amide bonds. The number of amides is 1. The predicted octanol–water partition coefficient (Wildman–Crippen LogP) is 2.61. The standard InChI is InChI=1S/C15H21NO5/c1-15(2,3)21-14(18)16(10-13(17)20-5)11-6-8-12(19-4)9-7-11/h6-9H,10H2,1-5H3/i1D. The number of hydrogen-bond donors (Lipinski definition) is 0. The number of carbonyl (C=O) groups is 2. The fourth-order valence-electron chi connectivity index (χ4n) is 1.51. The minimum absolute atomic E-state index is 0.0899. The van der Waals surface area contributed by atoms with Gasteiger partial charge in [0, 0.05) is 7.06 Å². The Bertz CT molecular complexity index is 515. The van der Waals surface area contributed by atoms with E-state index in [0.29, 0.717) is 11.4 Å². The van der Waals surface area contributed by atoms with Gasteiger partial charge in [-0.15, -0.1) is 0 Å². The molecule has 0 saturated carbocycles. The van der Waals surface area contributed by atoms with Crippen molar-refractivity contribution in [2.75, 3.05) is 25.7 Å². The third-order valence-electron chi connectivity index (χ3n) is 2.48. The monoisotopic (exact) mass is 296 g/mol. The van der Waals surface area contributed by atoms with E-state index in [2.05, 4.69) is 4.74 Å². The van der Waals surface area contributed by atoms with Gasteiger partial charge in [-0.1, -0.05) is 0 Å². The van der Waals surface area contributed by atoms with Crippen LogP contribution in [0.1, 0.15) is 22.1 Å². The van der Waals surface area contributed by atoms with Gasteiger partial charge in [0.25, 0.3) is 0 Å². The molecule has 0 saturated heterocycles. The van der Waals surface area contributed by atoms with Gasteiger partial charge in [-0.05, 0) is 45.0 Å². The van der Waals surface area contributed by atoms with Gasteiger partial charge in [0.2, 0.25) is 0 Å². The summed E-state index contributed by atoms with van der Waals surface area (Å²) in [6, 6.07) is 6.61. The number of rotatable bonds is 4. The smallest absolute Gasteiger partial charge is 0.415 e. The lowest BCUT2D eigenvalue weighted by atomic mass is 10.2. The van der Waals surface area contributed by atoms with Crippen LogP contribution in [0.3, 0.4) is 0 Å². The molecular weight excluding hydrogens is 274 g/mol. The summed E-state index contributed by atoms with van der Waals surface area (Å²) >= 11 is 0. The highest BCUT2D eigenvalue weighted by Crippen LogP contribution is 2.21. The number of nitrogens with zero attached hydrogens (tertiary/aromatic N) is 1. The molecule has 1 aromatic rings. The normalized spacial score (nSPS) is 11.3. The first-order valence-electron chi connectivity index (χ1n) is 7.04. The van der Waals surface area contributed by atoms with Crippen LogP contribution in [0.15, 0.2) is 24.3 Å². The topological polar surface area (TPSA) is 65.1 Å². The summed E-state index contributed by atoms with van der Waals surface area (Å²) in [6.45, 7) is 2.88. The zero-order chi connectivity index (χ0) is 16.8. The fourth-order valence-corrected chi connectivity index (χ4v) is 1.51. The zero-order valence-corrected chi connectivity index (χ0v) is 12.7. The summed E-state index contributed by atoms with van der Waals surface area (Å²) in [4.78, 5) is 25.0. The molecule has 6 nitrogen and oxygen atoms in total. The van der Waals surface area contributed by atoms with Crippen molar-refractivity contribution >= 4 is 17.7 Å². The second-order valence-electron chi connectivity index (χ2n) is 4.99. The summed E-state index contributed by atoms with van der Waals surface area (Å²) in [5, 5.41) is 0. The number of ether oxygens (including phenoxy) is 3. The van der Waals surface area contributed by atoms with E-state index in [1.807, 2.05) is 0 Å². The lowest BCUT2D eigenvalue weighted by Crippen LogP contribution is -2.40. The van der Waals surface area contributed by atoms with E-state index in [1.54, 1.807) is 38.1 Å². The van der Waals surface area contributed by atoms with Crippen molar-refractivity contribution in [1.29, 1.82) is 0 Å². The lowest BCUT2D eigenvalue weighted by Gasteiger charge is -2.26. The first-order valence-corrected chi connectivity index (χ1v) is 6.33. The number of benzene rings is 1. The predicted molar refractivity (Wildman–Crippen MR) is 78.6 cm³/mol. The molecule has 1 rings (SSSR count). The maximum Gasteiger partial charge on any atom is 0.415 e. The second-order valence-corrected chi connectivity index (χ2v) is 4.99. The van der Waals surface area contributed by atoms with E-state index in [4.69, 9.17) is 10.8 Å². The fraction of sp³-hybridized carbons (Fsp3) is 0.467. The van der Waals surface area contributed by atoms with Gasteiger partial charge < -0.3 is 14.2 Å². The summed E-state index contributed by atoms with van der Waals surface area (Å²) < 4.78 is 22.3. The third-order valence-corrected chi connectivity index (χ3v) is 2.48. The SMILES string of the molecule is [2H]CC(C)(C)OC(=O)N(CC(=O)OC)c1ccc(OC)cc1. The molecule has 6 heteroatoms. The second kappa shape index (κ2) is 6.97. The highest BCUT2D eigenvalue weighted by Gasteiger charge is 2.25. The van der Waals surface area contributed by atoms with Gasteiger partial charge in [0.15, 0.2) is 0 Å². The van der Waals surface area contributed by atoms with Crippen LogP contribution in [0.5, 0.6) is 5.75 Å². The van der Waals surface area contributed by atoms with Crippen molar-refractivity contribution in [2.24, 2.45) is 0 Å². The Hall–Kier alpha value is -2.24. The van der Waals surface area contributed by atoms with E-state index >= 15 is 0 Å². The number of methoxy groups -OCH3 is 2. The molecule has 0 spiro atoms. The minimum Gasteiger partial charge on any atom is -0.497 e. The Balaban J connectivity index is 3.00. The molecule has 0 fully saturated rings. The molecule has 0 aromatic heterocycles. The molecule has 21 heavy (non-hydrogen) atoms. The van der Waals surface area contributed by atoms with Crippen molar-refractivity contribution in [2.45, 2.75) is 26.3 Å². The van der Waals surface area contributed by atoms with E-state index in [1.165, 1.54) is 14.2 Å². The van der Waals surface area contributed by atoms with Gasteiger partial charge in [-0.2, -0.15) is 0 Å². The Morgan fingerprint density at radius 3 is 2.33 bits per heavy atom. The van der Waals surface area contributed by atoms with E-state index in [-0.39, 0.29) is 13.4 Å². The lowest BCUT2D eigenvalue weighted by molar-refractivity contribution is -0.139. The molecule has 0 N–H and O–H groups in total. The van der Waals surface area contributed by atoms with E-state index in [0.717, 1.165) is 4.90 Å². The number of carbonyl (C=O) groups excluding carboxylic acids is 2. The van der Waals surface area contributed by atoms with Gasteiger partial charge >= 0.3 is 12.1 Å². The van der Waals surface area contributed by atoms with Crippen LogP contribution in [-0.2, 0) is 14.3 Å². The zero-order valence-electron chi connectivity index (χ0n) is 13.7. The van der Waals surface area contributed by atoms with Crippen molar-refractivity contribution in [3.8, 4) is 5.75 Å². The van der Waals surface area contributed by atoms with Gasteiger partial charge in [0.1, 0.15) is 17.9 Å². The van der Waals surface area contributed by atoms with E-state index < -0.39 is 17.7 Å². The van der Waals surface area contributed by atoms with Crippen LogP contribution in [0.25, 0.3) is 0 Å². The number of esters is 1. The first-order chi connectivity index (χ1) is 10.3. The van der Waals surface area contributed by atoms with Crippen molar-refractivity contribution < 1.29 is 25.2 Å². The molecule has 116 valence electrons. The molecule has 0 aliphatic carbocycles. The Kier molecular flexibility index (Phi) is 5.03.